The molecule has 0 saturated carbocycles. The summed E-state index contributed by atoms with van der Waals surface area (Å²) in [5, 5.41) is 0. The molecule has 6 nitrogen and oxygen atoms in total. The van der Waals surface area contributed by atoms with Gasteiger partial charge in [-0.15, -0.1) is 0 Å². The number of urea groups is 1. The van der Waals surface area contributed by atoms with E-state index in [0.29, 0.717) is 25.4 Å². The van der Waals surface area contributed by atoms with E-state index in [9.17, 15) is 9.59 Å². The van der Waals surface area contributed by atoms with E-state index in [4.69, 9.17) is 9.47 Å². The number of carbonyl (C=O) groups is 2. The lowest BCUT2D eigenvalue weighted by atomic mass is 10.1. The molecule has 3 aromatic carbocycles. The zero-order valence-corrected chi connectivity index (χ0v) is 18.9. The predicted octanol–water partition coefficient (Wildman–Crippen LogP) is 5.39. The standard InChI is InChI=1S/C27H28N2O4/c1-3-32-26(33-4-2)23-12-10-20(11-13-23)18-28-19-25(30)29(27(28)31)24-16-14-22(15-17-24)21-8-6-5-7-9-21/h5-17,26H,3-4,18-19H2,1-2H3. The van der Waals surface area contributed by atoms with E-state index in [0.717, 1.165) is 22.3 Å². The van der Waals surface area contributed by atoms with Crippen LogP contribution in [-0.2, 0) is 20.8 Å². The van der Waals surface area contributed by atoms with E-state index in [1.165, 1.54) is 4.90 Å². The van der Waals surface area contributed by atoms with Crippen molar-refractivity contribution in [2.45, 2.75) is 26.7 Å². The molecule has 0 radical (unpaired) electrons. The third-order valence-corrected chi connectivity index (χ3v) is 5.53. The quantitative estimate of drug-likeness (QED) is 0.328. The summed E-state index contributed by atoms with van der Waals surface area (Å²) in [6.45, 7) is 5.38. The molecular formula is C27H28N2O4. The van der Waals surface area contributed by atoms with Crippen LogP contribution in [0.2, 0.25) is 0 Å². The number of amides is 3. The highest BCUT2D eigenvalue weighted by Gasteiger charge is 2.37. The van der Waals surface area contributed by atoms with Crippen LogP contribution in [0.4, 0.5) is 10.5 Å². The molecule has 170 valence electrons. The Morgan fingerprint density at radius 2 is 1.39 bits per heavy atom. The fraction of sp³-hybridized carbons (Fsp3) is 0.259. The topological polar surface area (TPSA) is 59.1 Å². The SMILES string of the molecule is CCOC(OCC)c1ccc(CN2CC(=O)N(c3ccc(-c4ccccc4)cc3)C2=O)cc1. The van der Waals surface area contributed by atoms with Gasteiger partial charge in [-0.25, -0.2) is 9.69 Å². The highest BCUT2D eigenvalue weighted by Crippen LogP contribution is 2.27. The maximum absolute atomic E-state index is 13.0. The zero-order valence-electron chi connectivity index (χ0n) is 18.9. The van der Waals surface area contributed by atoms with Gasteiger partial charge in [0.05, 0.1) is 5.69 Å². The van der Waals surface area contributed by atoms with Crippen molar-refractivity contribution in [2.24, 2.45) is 0 Å². The molecule has 0 spiro atoms. The molecule has 0 N–H and O–H groups in total. The van der Waals surface area contributed by atoms with E-state index >= 15 is 0 Å². The van der Waals surface area contributed by atoms with Crippen molar-refractivity contribution in [3.8, 4) is 11.1 Å². The molecule has 1 aliphatic heterocycles. The molecule has 4 rings (SSSR count). The number of ether oxygens (including phenoxy) is 2. The van der Waals surface area contributed by atoms with Crippen molar-refractivity contribution in [3.05, 3.63) is 90.0 Å². The summed E-state index contributed by atoms with van der Waals surface area (Å²) in [6.07, 6.45) is -0.404. The van der Waals surface area contributed by atoms with Gasteiger partial charge in [-0.05, 0) is 42.7 Å². The van der Waals surface area contributed by atoms with E-state index in [2.05, 4.69) is 0 Å². The first-order chi connectivity index (χ1) is 16.1. The number of imide groups is 1. The Kier molecular flexibility index (Phi) is 7.17. The summed E-state index contributed by atoms with van der Waals surface area (Å²) in [7, 11) is 0. The van der Waals surface area contributed by atoms with Crippen LogP contribution in [-0.4, -0.2) is 36.6 Å². The molecule has 0 unspecified atom stereocenters. The maximum atomic E-state index is 13.0. The second kappa shape index (κ2) is 10.4. The number of rotatable bonds is 9. The van der Waals surface area contributed by atoms with Crippen LogP contribution < -0.4 is 4.90 Å². The minimum atomic E-state index is -0.404. The minimum absolute atomic E-state index is 0.0571. The molecule has 33 heavy (non-hydrogen) atoms. The predicted molar refractivity (Wildman–Crippen MR) is 128 cm³/mol. The highest BCUT2D eigenvalue weighted by molar-refractivity contribution is 6.19. The van der Waals surface area contributed by atoms with Crippen LogP contribution >= 0.6 is 0 Å². The summed E-state index contributed by atoms with van der Waals surface area (Å²) in [5.41, 5.74) is 4.56. The average Bonchev–Trinajstić information content (AvgIpc) is 3.12. The van der Waals surface area contributed by atoms with Crippen molar-refractivity contribution in [2.75, 3.05) is 24.7 Å². The smallest absolute Gasteiger partial charge is 0.332 e. The van der Waals surface area contributed by atoms with Crippen LogP contribution in [0, 0.1) is 0 Å². The Balaban J connectivity index is 1.44. The molecular weight excluding hydrogens is 416 g/mol. The molecule has 1 aliphatic rings. The number of hydrogen-bond acceptors (Lipinski definition) is 4. The first kappa shape index (κ1) is 22.7. The molecule has 0 atom stereocenters. The summed E-state index contributed by atoms with van der Waals surface area (Å²) < 4.78 is 11.3. The zero-order chi connectivity index (χ0) is 23.2. The van der Waals surface area contributed by atoms with Crippen molar-refractivity contribution in [1.82, 2.24) is 4.90 Å². The molecule has 0 bridgehead atoms. The fourth-order valence-corrected chi connectivity index (χ4v) is 3.91. The normalized spacial score (nSPS) is 13.9. The molecule has 1 saturated heterocycles. The number of carbonyl (C=O) groups excluding carboxylic acids is 2. The Bertz CT molecular complexity index is 1080. The van der Waals surface area contributed by atoms with Crippen LogP contribution in [0.25, 0.3) is 11.1 Å². The molecule has 3 aromatic rings. The number of benzene rings is 3. The van der Waals surface area contributed by atoms with Gasteiger partial charge in [-0.3, -0.25) is 4.79 Å². The largest absolute Gasteiger partial charge is 0.349 e. The Morgan fingerprint density at radius 3 is 2.00 bits per heavy atom. The third kappa shape index (κ3) is 5.13. The van der Waals surface area contributed by atoms with Gasteiger partial charge < -0.3 is 14.4 Å². The van der Waals surface area contributed by atoms with Crippen molar-refractivity contribution in [3.63, 3.8) is 0 Å². The van der Waals surface area contributed by atoms with Gasteiger partial charge in [0.15, 0.2) is 6.29 Å². The van der Waals surface area contributed by atoms with Gasteiger partial charge in [0.2, 0.25) is 0 Å². The first-order valence-electron chi connectivity index (χ1n) is 11.2. The van der Waals surface area contributed by atoms with Crippen molar-refractivity contribution < 1.29 is 19.1 Å². The molecule has 0 aromatic heterocycles. The summed E-state index contributed by atoms with van der Waals surface area (Å²) >= 11 is 0. The van der Waals surface area contributed by atoms with Crippen LogP contribution in [0.15, 0.2) is 78.9 Å². The number of nitrogens with zero attached hydrogens (tertiary/aromatic N) is 2. The van der Waals surface area contributed by atoms with Gasteiger partial charge in [-0.1, -0.05) is 66.7 Å². The fourth-order valence-electron chi connectivity index (χ4n) is 3.91. The van der Waals surface area contributed by atoms with E-state index in [-0.39, 0.29) is 18.5 Å². The van der Waals surface area contributed by atoms with Gasteiger partial charge in [-0.2, -0.15) is 0 Å². The summed E-state index contributed by atoms with van der Waals surface area (Å²) in [6, 6.07) is 24.9. The molecule has 0 aliphatic carbocycles. The Labute approximate surface area is 194 Å². The molecule has 1 fully saturated rings. The summed E-state index contributed by atoms with van der Waals surface area (Å²) in [5.74, 6) is -0.225. The average molecular weight is 445 g/mol. The monoisotopic (exact) mass is 444 g/mol. The second-order valence-electron chi connectivity index (χ2n) is 7.76. The van der Waals surface area contributed by atoms with Gasteiger partial charge in [0.25, 0.3) is 5.91 Å². The van der Waals surface area contributed by atoms with Crippen LogP contribution in [0.5, 0.6) is 0 Å². The van der Waals surface area contributed by atoms with E-state index < -0.39 is 6.29 Å². The van der Waals surface area contributed by atoms with Gasteiger partial charge >= 0.3 is 6.03 Å². The second-order valence-corrected chi connectivity index (χ2v) is 7.76. The lowest BCUT2D eigenvalue weighted by Gasteiger charge is -2.19. The van der Waals surface area contributed by atoms with Crippen LogP contribution in [0.3, 0.4) is 0 Å². The molecule has 3 amide bonds. The highest BCUT2D eigenvalue weighted by atomic mass is 16.7. The Morgan fingerprint density at radius 1 is 0.788 bits per heavy atom. The van der Waals surface area contributed by atoms with E-state index in [1.807, 2.05) is 92.7 Å². The van der Waals surface area contributed by atoms with Gasteiger partial charge in [0, 0.05) is 25.3 Å². The first-order valence-corrected chi connectivity index (χ1v) is 11.2. The number of hydrogen-bond donors (Lipinski definition) is 0. The summed E-state index contributed by atoms with van der Waals surface area (Å²) in [4.78, 5) is 28.5. The molecule has 6 heteroatoms. The van der Waals surface area contributed by atoms with Crippen molar-refractivity contribution >= 4 is 17.6 Å². The lowest BCUT2D eigenvalue weighted by molar-refractivity contribution is -0.140. The van der Waals surface area contributed by atoms with E-state index in [1.54, 1.807) is 4.90 Å². The number of anilines is 1. The Hall–Kier alpha value is -3.48. The van der Waals surface area contributed by atoms with Crippen LogP contribution in [0.1, 0.15) is 31.3 Å². The van der Waals surface area contributed by atoms with Crippen molar-refractivity contribution in [1.29, 1.82) is 0 Å². The lowest BCUT2D eigenvalue weighted by Crippen LogP contribution is -2.32. The maximum Gasteiger partial charge on any atom is 0.332 e. The minimum Gasteiger partial charge on any atom is -0.349 e. The van der Waals surface area contributed by atoms with Gasteiger partial charge in [0.1, 0.15) is 6.54 Å². The third-order valence-electron chi connectivity index (χ3n) is 5.53. The molecule has 1 heterocycles.